The average Bonchev–Trinajstić information content (AvgIpc) is 3.63. The molecule has 0 spiro atoms. The van der Waals surface area contributed by atoms with Gasteiger partial charge in [0.15, 0.2) is 0 Å². The fourth-order valence-electron chi connectivity index (χ4n) is 6.36. The van der Waals surface area contributed by atoms with Crippen LogP contribution in [0.2, 0.25) is 0 Å². The van der Waals surface area contributed by atoms with Crippen molar-refractivity contribution in [3.8, 4) is 0 Å². The predicted octanol–water partition coefficient (Wildman–Crippen LogP) is 4.30. The van der Waals surface area contributed by atoms with Gasteiger partial charge in [-0.1, -0.05) is 18.2 Å². The van der Waals surface area contributed by atoms with Crippen molar-refractivity contribution in [1.82, 2.24) is 9.47 Å². The van der Waals surface area contributed by atoms with E-state index in [-0.39, 0.29) is 47.5 Å². The molecule has 1 aromatic heterocycles. The molecule has 1 aliphatic heterocycles. The molecule has 2 bridgehead atoms. The van der Waals surface area contributed by atoms with E-state index in [0.717, 1.165) is 42.4 Å². The highest BCUT2D eigenvalue weighted by atomic mass is 19.3. The molecule has 2 saturated carbocycles. The van der Waals surface area contributed by atoms with Crippen LogP contribution >= 0.6 is 0 Å². The zero-order chi connectivity index (χ0) is 26.8. The van der Waals surface area contributed by atoms with E-state index >= 15 is 4.39 Å². The molecule has 6 nitrogen and oxygen atoms in total. The van der Waals surface area contributed by atoms with Gasteiger partial charge in [0.2, 0.25) is 0 Å². The van der Waals surface area contributed by atoms with Crippen molar-refractivity contribution >= 4 is 11.6 Å². The van der Waals surface area contributed by atoms with Crippen molar-refractivity contribution in [3.63, 3.8) is 0 Å². The molecule has 11 heteroatoms. The van der Waals surface area contributed by atoms with Gasteiger partial charge in [0.05, 0.1) is 22.9 Å². The first-order valence-corrected chi connectivity index (χ1v) is 12.3. The summed E-state index contributed by atoms with van der Waals surface area (Å²) in [7, 11) is 1.98. The number of amides is 1. The summed E-state index contributed by atoms with van der Waals surface area (Å²) in [6.45, 7) is 3.08. The Kier molecular flexibility index (Phi) is 6.32. The number of primary amides is 1. The highest BCUT2D eigenvalue weighted by Gasteiger charge is 2.54. The standard InChI is InChI=1S/C26H29F5N4O2/c1-13(16-4-3-5-17(21(16)27)23(28)29)35(22-14-8-15(22)11-33(2)10-14)19-9-20(36)34(12-18(19)24(32)37)26(6-7-26)25(30)31/h3-5,9,12-15,22-23,25H,6-8,10-11H2,1-2H3,(H2,32,37)/t13-,14?,15?,22?/m1/s1. The Morgan fingerprint density at radius 2 is 1.76 bits per heavy atom. The molecule has 3 atom stereocenters. The number of nitrogens with zero attached hydrogens (tertiary/aromatic N) is 3. The Bertz CT molecular complexity index is 1270. The van der Waals surface area contributed by atoms with Gasteiger partial charge in [-0.05, 0) is 45.1 Å². The van der Waals surface area contributed by atoms with E-state index in [1.54, 1.807) is 11.8 Å². The van der Waals surface area contributed by atoms with E-state index in [2.05, 4.69) is 4.90 Å². The molecule has 0 radical (unpaired) electrons. The SMILES string of the molecule is C[C@H](c1cccc(C(F)F)c1F)N(c1cc(=O)n(C2(C(F)F)CC2)cc1C(N)=O)C1C2CC1CN(C)C2. The molecule has 2 aromatic rings. The summed E-state index contributed by atoms with van der Waals surface area (Å²) in [4.78, 5) is 29.7. The van der Waals surface area contributed by atoms with Gasteiger partial charge in [0.25, 0.3) is 24.3 Å². The molecule has 3 fully saturated rings. The highest BCUT2D eigenvalue weighted by molar-refractivity contribution is 5.98. The van der Waals surface area contributed by atoms with Crippen LogP contribution in [0, 0.1) is 17.7 Å². The molecular weight excluding hydrogens is 495 g/mol. The third kappa shape index (κ3) is 4.11. The summed E-state index contributed by atoms with van der Waals surface area (Å²) < 4.78 is 70.8. The minimum absolute atomic E-state index is 0.0121. The maximum atomic E-state index is 15.3. The van der Waals surface area contributed by atoms with Gasteiger partial charge in [-0.25, -0.2) is 22.0 Å². The Balaban J connectivity index is 1.67. The summed E-state index contributed by atoms with van der Waals surface area (Å²) in [6, 6.07) is 3.81. The molecule has 37 heavy (non-hydrogen) atoms. The highest BCUT2D eigenvalue weighted by Crippen LogP contribution is 2.50. The lowest BCUT2D eigenvalue weighted by atomic mass is 9.65. The van der Waals surface area contributed by atoms with Crippen LogP contribution in [-0.4, -0.2) is 48.0 Å². The number of halogens is 5. The number of carbonyl (C=O) groups is 1. The average molecular weight is 525 g/mol. The number of fused-ring (bicyclic) bond motifs is 2. The number of nitrogens with two attached hydrogens (primary N) is 1. The lowest BCUT2D eigenvalue weighted by molar-refractivity contribution is 0.00896. The normalized spacial score (nSPS) is 25.2. The van der Waals surface area contributed by atoms with Crippen molar-refractivity contribution in [3.05, 3.63) is 63.3 Å². The molecule has 2 heterocycles. The molecule has 200 valence electrons. The lowest BCUT2D eigenvalue weighted by Crippen LogP contribution is -2.64. The van der Waals surface area contributed by atoms with Crippen LogP contribution in [-0.2, 0) is 5.54 Å². The maximum absolute atomic E-state index is 15.3. The second-order valence-corrected chi connectivity index (χ2v) is 10.7. The first kappa shape index (κ1) is 25.7. The first-order chi connectivity index (χ1) is 17.5. The second kappa shape index (κ2) is 9.11. The molecule has 5 rings (SSSR count). The van der Waals surface area contributed by atoms with Crippen LogP contribution in [0.3, 0.4) is 0 Å². The Morgan fingerprint density at radius 1 is 1.14 bits per heavy atom. The van der Waals surface area contributed by atoms with Gasteiger partial charge >= 0.3 is 0 Å². The quantitative estimate of drug-likeness (QED) is 0.523. The number of piperidine rings is 2. The van der Waals surface area contributed by atoms with Gasteiger partial charge in [0.1, 0.15) is 11.4 Å². The van der Waals surface area contributed by atoms with E-state index in [9.17, 15) is 27.2 Å². The molecule has 2 unspecified atom stereocenters. The lowest BCUT2D eigenvalue weighted by Gasteiger charge is -2.59. The van der Waals surface area contributed by atoms with Crippen LogP contribution in [0.15, 0.2) is 35.3 Å². The minimum atomic E-state index is -3.02. The number of hydrogen-bond acceptors (Lipinski definition) is 4. The molecule has 1 aromatic carbocycles. The largest absolute Gasteiger partial charge is 0.365 e. The number of alkyl halides is 4. The number of benzene rings is 1. The Morgan fingerprint density at radius 3 is 2.30 bits per heavy atom. The van der Waals surface area contributed by atoms with E-state index < -0.39 is 47.3 Å². The third-order valence-corrected chi connectivity index (χ3v) is 8.37. The smallest absolute Gasteiger partial charge is 0.266 e. The van der Waals surface area contributed by atoms with Crippen molar-refractivity contribution in [2.24, 2.45) is 17.6 Å². The summed E-state index contributed by atoms with van der Waals surface area (Å²) >= 11 is 0. The second-order valence-electron chi connectivity index (χ2n) is 10.7. The number of likely N-dealkylation sites (tertiary alicyclic amines) is 1. The van der Waals surface area contributed by atoms with Crippen molar-refractivity contribution in [2.75, 3.05) is 25.0 Å². The number of rotatable bonds is 8. The van der Waals surface area contributed by atoms with E-state index in [4.69, 9.17) is 5.73 Å². The number of hydrogen-bond donors (Lipinski definition) is 1. The minimum Gasteiger partial charge on any atom is -0.365 e. The van der Waals surface area contributed by atoms with Gasteiger partial charge in [-0.15, -0.1) is 0 Å². The third-order valence-electron chi connectivity index (χ3n) is 8.37. The van der Waals surface area contributed by atoms with Crippen LogP contribution in [0.1, 0.15) is 60.1 Å². The number of carbonyl (C=O) groups excluding carboxylic acids is 1. The topological polar surface area (TPSA) is 71.6 Å². The van der Waals surface area contributed by atoms with Gasteiger partial charge in [-0.2, -0.15) is 0 Å². The number of anilines is 1. The zero-order valence-electron chi connectivity index (χ0n) is 20.5. The maximum Gasteiger partial charge on any atom is 0.266 e. The Hall–Kier alpha value is -2.95. The van der Waals surface area contributed by atoms with Crippen LogP contribution in [0.4, 0.5) is 27.6 Å². The molecule has 2 aliphatic carbocycles. The zero-order valence-corrected chi connectivity index (χ0v) is 20.5. The molecular formula is C26H29F5N4O2. The summed E-state index contributed by atoms with van der Waals surface area (Å²) in [5, 5.41) is 0. The first-order valence-electron chi connectivity index (χ1n) is 12.3. The van der Waals surface area contributed by atoms with E-state index in [1.807, 2.05) is 7.05 Å². The number of pyridine rings is 1. The van der Waals surface area contributed by atoms with E-state index in [0.29, 0.717) is 0 Å². The molecule has 2 N–H and O–H groups in total. The summed E-state index contributed by atoms with van der Waals surface area (Å²) in [5.74, 6) is -1.74. The van der Waals surface area contributed by atoms with Crippen molar-refractivity contribution in [2.45, 2.75) is 56.7 Å². The fourth-order valence-corrected chi connectivity index (χ4v) is 6.36. The van der Waals surface area contributed by atoms with Crippen LogP contribution < -0.4 is 16.2 Å². The van der Waals surface area contributed by atoms with Gasteiger partial charge < -0.3 is 20.1 Å². The van der Waals surface area contributed by atoms with E-state index in [1.165, 1.54) is 12.1 Å². The van der Waals surface area contributed by atoms with Crippen LogP contribution in [0.25, 0.3) is 0 Å². The van der Waals surface area contributed by atoms with Crippen molar-refractivity contribution in [1.29, 1.82) is 0 Å². The van der Waals surface area contributed by atoms with Gasteiger partial charge in [-0.3, -0.25) is 9.59 Å². The molecule has 3 aliphatic rings. The monoisotopic (exact) mass is 524 g/mol. The van der Waals surface area contributed by atoms with Crippen LogP contribution in [0.5, 0.6) is 0 Å². The van der Waals surface area contributed by atoms with Gasteiger partial charge in [0, 0.05) is 37.0 Å². The summed E-state index contributed by atoms with van der Waals surface area (Å²) in [6.07, 6.45) is -3.67. The molecule has 1 saturated heterocycles. The van der Waals surface area contributed by atoms with Crippen molar-refractivity contribution < 1.29 is 26.7 Å². The molecule has 1 amide bonds. The Labute approximate surface area is 210 Å². The fraction of sp³-hybridized carbons (Fsp3) is 0.538. The number of aromatic nitrogens is 1. The summed E-state index contributed by atoms with van der Waals surface area (Å²) in [5.41, 5.74) is 2.51. The predicted molar refractivity (Wildman–Crippen MR) is 128 cm³/mol.